The van der Waals surface area contributed by atoms with E-state index in [4.69, 9.17) is 4.52 Å². The van der Waals surface area contributed by atoms with Crippen molar-refractivity contribution in [2.75, 3.05) is 33.7 Å². The molecule has 9 heteroatoms. The van der Waals surface area contributed by atoms with Crippen molar-refractivity contribution in [1.82, 2.24) is 24.7 Å². The standard InChI is InChI=1S/C18H27N5O3S/c1-13-18(14(2)26-20-13)27(24,25)21-17-12-23(10-15(17)9-22(3)4)11-16-7-5-6-8-19-16/h5-8,15,17,21H,9-12H2,1-4H3/t15-,17-/m1/s1. The molecule has 1 N–H and O–H groups in total. The quantitative estimate of drug-likeness (QED) is 0.751. The number of nitrogens with one attached hydrogen (secondary N) is 1. The molecular weight excluding hydrogens is 366 g/mol. The van der Waals surface area contributed by atoms with Crippen molar-refractivity contribution in [3.63, 3.8) is 0 Å². The van der Waals surface area contributed by atoms with Crippen LogP contribution in [0.5, 0.6) is 0 Å². The van der Waals surface area contributed by atoms with E-state index >= 15 is 0 Å². The number of aromatic nitrogens is 2. The largest absolute Gasteiger partial charge is 0.360 e. The molecule has 1 aliphatic rings. The Kier molecular flexibility index (Phi) is 5.95. The first-order chi connectivity index (χ1) is 12.8. The molecule has 0 aliphatic carbocycles. The summed E-state index contributed by atoms with van der Waals surface area (Å²) in [5, 5.41) is 3.77. The number of nitrogens with zero attached hydrogens (tertiary/aromatic N) is 4. The lowest BCUT2D eigenvalue weighted by Crippen LogP contribution is -2.43. The van der Waals surface area contributed by atoms with E-state index in [0.29, 0.717) is 24.5 Å². The zero-order valence-electron chi connectivity index (χ0n) is 16.2. The number of hydrogen-bond donors (Lipinski definition) is 1. The SMILES string of the molecule is Cc1noc(C)c1S(=O)(=O)N[C@@H]1CN(Cc2ccccn2)C[C@H]1CN(C)C. The van der Waals surface area contributed by atoms with Crippen molar-refractivity contribution in [2.45, 2.75) is 31.3 Å². The highest BCUT2D eigenvalue weighted by Gasteiger charge is 2.37. The van der Waals surface area contributed by atoms with Crippen LogP contribution >= 0.6 is 0 Å². The lowest BCUT2D eigenvalue weighted by atomic mass is 10.0. The number of likely N-dealkylation sites (tertiary alicyclic amines) is 1. The minimum absolute atomic E-state index is 0.147. The van der Waals surface area contributed by atoms with Gasteiger partial charge < -0.3 is 9.42 Å². The van der Waals surface area contributed by atoms with Gasteiger partial charge in [-0.1, -0.05) is 11.2 Å². The Bertz CT molecular complexity index is 847. The monoisotopic (exact) mass is 393 g/mol. The Hall–Kier alpha value is -1.81. The van der Waals surface area contributed by atoms with Gasteiger partial charge in [-0.25, -0.2) is 13.1 Å². The number of aryl methyl sites for hydroxylation is 2. The predicted molar refractivity (Wildman–Crippen MR) is 102 cm³/mol. The summed E-state index contributed by atoms with van der Waals surface area (Å²) in [5.41, 5.74) is 1.36. The molecule has 1 fully saturated rings. The van der Waals surface area contributed by atoms with Crippen LogP contribution in [-0.4, -0.2) is 68.1 Å². The summed E-state index contributed by atoms with van der Waals surface area (Å²) in [4.78, 5) is 8.86. The zero-order valence-corrected chi connectivity index (χ0v) is 17.0. The van der Waals surface area contributed by atoms with Crippen LogP contribution in [0.15, 0.2) is 33.8 Å². The zero-order chi connectivity index (χ0) is 19.6. The van der Waals surface area contributed by atoms with E-state index in [9.17, 15) is 8.42 Å². The van der Waals surface area contributed by atoms with Gasteiger partial charge in [0.1, 0.15) is 10.6 Å². The molecule has 3 rings (SSSR count). The van der Waals surface area contributed by atoms with Gasteiger partial charge in [-0.3, -0.25) is 9.88 Å². The van der Waals surface area contributed by atoms with Crippen molar-refractivity contribution in [2.24, 2.45) is 5.92 Å². The normalized spacial score (nSPS) is 21.2. The van der Waals surface area contributed by atoms with E-state index in [1.54, 1.807) is 20.0 Å². The van der Waals surface area contributed by atoms with E-state index in [2.05, 4.69) is 24.7 Å². The van der Waals surface area contributed by atoms with Crippen LogP contribution in [-0.2, 0) is 16.6 Å². The highest BCUT2D eigenvalue weighted by molar-refractivity contribution is 7.89. The summed E-state index contributed by atoms with van der Waals surface area (Å²) in [6.07, 6.45) is 1.78. The predicted octanol–water partition coefficient (Wildman–Crippen LogP) is 1.03. The van der Waals surface area contributed by atoms with Gasteiger partial charge in [0.2, 0.25) is 10.0 Å². The van der Waals surface area contributed by atoms with Crippen molar-refractivity contribution >= 4 is 10.0 Å². The molecular formula is C18H27N5O3S. The molecule has 8 nitrogen and oxygen atoms in total. The van der Waals surface area contributed by atoms with Crippen LogP contribution in [0.3, 0.4) is 0 Å². The lowest BCUT2D eigenvalue weighted by molar-refractivity contribution is 0.282. The molecule has 2 aromatic rings. The Morgan fingerprint density at radius 2 is 2.07 bits per heavy atom. The molecule has 0 radical (unpaired) electrons. The van der Waals surface area contributed by atoms with Crippen LogP contribution in [0.1, 0.15) is 17.1 Å². The molecule has 3 heterocycles. The average Bonchev–Trinajstić information content (AvgIpc) is 3.10. The summed E-state index contributed by atoms with van der Waals surface area (Å²) in [6.45, 7) is 6.21. The molecule has 0 saturated carbocycles. The van der Waals surface area contributed by atoms with Crippen LogP contribution < -0.4 is 4.72 Å². The lowest BCUT2D eigenvalue weighted by Gasteiger charge is -2.22. The first-order valence-corrected chi connectivity index (χ1v) is 10.5. The maximum Gasteiger partial charge on any atom is 0.246 e. The molecule has 148 valence electrons. The summed E-state index contributed by atoms with van der Waals surface area (Å²) < 4.78 is 33.8. The molecule has 0 amide bonds. The molecule has 0 spiro atoms. The minimum atomic E-state index is -3.69. The second-order valence-electron chi connectivity index (χ2n) is 7.42. The minimum Gasteiger partial charge on any atom is -0.360 e. The molecule has 1 aliphatic heterocycles. The Morgan fingerprint density at radius 1 is 1.30 bits per heavy atom. The fourth-order valence-corrected chi connectivity index (χ4v) is 5.34. The molecule has 2 aromatic heterocycles. The number of rotatable bonds is 7. The maximum atomic E-state index is 12.9. The second kappa shape index (κ2) is 8.05. The first-order valence-electron chi connectivity index (χ1n) is 8.98. The molecule has 2 atom stereocenters. The highest BCUT2D eigenvalue weighted by Crippen LogP contribution is 2.24. The average molecular weight is 394 g/mol. The van der Waals surface area contributed by atoms with Crippen LogP contribution in [0.25, 0.3) is 0 Å². The third-order valence-electron chi connectivity index (χ3n) is 4.77. The van der Waals surface area contributed by atoms with E-state index in [1.165, 1.54) is 0 Å². The van der Waals surface area contributed by atoms with Crippen molar-refractivity contribution in [3.8, 4) is 0 Å². The Labute approximate surface area is 160 Å². The van der Waals surface area contributed by atoms with E-state index in [1.807, 2.05) is 32.3 Å². The molecule has 27 heavy (non-hydrogen) atoms. The number of sulfonamides is 1. The molecule has 0 bridgehead atoms. The van der Waals surface area contributed by atoms with Gasteiger partial charge in [-0.15, -0.1) is 0 Å². The van der Waals surface area contributed by atoms with Crippen molar-refractivity contribution < 1.29 is 12.9 Å². The molecule has 1 saturated heterocycles. The van der Waals surface area contributed by atoms with Gasteiger partial charge in [-0.05, 0) is 40.1 Å². The fraction of sp³-hybridized carbons (Fsp3) is 0.556. The molecule has 0 unspecified atom stereocenters. The Morgan fingerprint density at radius 3 is 2.67 bits per heavy atom. The van der Waals surface area contributed by atoms with Crippen molar-refractivity contribution in [3.05, 3.63) is 41.5 Å². The van der Waals surface area contributed by atoms with E-state index < -0.39 is 10.0 Å². The maximum absolute atomic E-state index is 12.9. The second-order valence-corrected chi connectivity index (χ2v) is 9.07. The van der Waals surface area contributed by atoms with Gasteiger partial charge in [-0.2, -0.15) is 0 Å². The van der Waals surface area contributed by atoms with E-state index in [-0.39, 0.29) is 16.9 Å². The van der Waals surface area contributed by atoms with Gasteiger partial charge >= 0.3 is 0 Å². The topological polar surface area (TPSA) is 91.6 Å². The van der Waals surface area contributed by atoms with Crippen LogP contribution in [0.2, 0.25) is 0 Å². The smallest absolute Gasteiger partial charge is 0.246 e. The summed E-state index contributed by atoms with van der Waals surface area (Å²) in [7, 11) is 0.309. The summed E-state index contributed by atoms with van der Waals surface area (Å²) >= 11 is 0. The van der Waals surface area contributed by atoms with Gasteiger partial charge in [0, 0.05) is 44.3 Å². The number of pyridine rings is 1. The molecule has 0 aromatic carbocycles. The number of hydrogen-bond acceptors (Lipinski definition) is 7. The third-order valence-corrected chi connectivity index (χ3v) is 6.50. The van der Waals surface area contributed by atoms with Gasteiger partial charge in [0.15, 0.2) is 5.76 Å². The van der Waals surface area contributed by atoms with Gasteiger partial charge in [0.05, 0.1) is 5.69 Å². The third kappa shape index (κ3) is 4.73. The summed E-state index contributed by atoms with van der Waals surface area (Å²) in [5.74, 6) is 0.492. The van der Waals surface area contributed by atoms with Crippen molar-refractivity contribution in [1.29, 1.82) is 0 Å². The highest BCUT2D eigenvalue weighted by atomic mass is 32.2. The van der Waals surface area contributed by atoms with Crippen LogP contribution in [0, 0.1) is 19.8 Å². The Balaban J connectivity index is 1.77. The summed E-state index contributed by atoms with van der Waals surface area (Å²) in [6, 6.07) is 5.66. The van der Waals surface area contributed by atoms with Gasteiger partial charge in [0.25, 0.3) is 0 Å². The first kappa shape index (κ1) is 19.9. The van der Waals surface area contributed by atoms with E-state index in [0.717, 1.165) is 18.8 Å². The fourth-order valence-electron chi connectivity index (χ4n) is 3.71. The van der Waals surface area contributed by atoms with Crippen LogP contribution in [0.4, 0.5) is 0 Å².